The molecular weight excluding hydrogens is 477 g/mol. The maximum Gasteiger partial charge on any atom is 0.306 e. The summed E-state index contributed by atoms with van der Waals surface area (Å²) in [4.78, 5) is 28.1. The normalized spacial score (nSPS) is 24.6. The maximum absolute atomic E-state index is 14.1. The third kappa shape index (κ3) is 5.41. The monoisotopic (exact) mass is 507 g/mol. The van der Waals surface area contributed by atoms with Crippen LogP contribution in [0.1, 0.15) is 56.2 Å². The van der Waals surface area contributed by atoms with Crippen molar-refractivity contribution < 1.29 is 24.5 Å². The number of aliphatic hydroxyl groups is 2. The molecule has 3 rings (SSSR count). The molecule has 6 nitrogen and oxygen atoms in total. The quantitative estimate of drug-likeness (QED) is 0.503. The van der Waals surface area contributed by atoms with E-state index in [9.17, 15) is 19.8 Å². The van der Waals surface area contributed by atoms with Gasteiger partial charge in [0.2, 0.25) is 5.91 Å². The molecule has 2 N–H and O–H groups in total. The molecular formula is C26H31Cl2NO5. The van der Waals surface area contributed by atoms with Gasteiger partial charge in [-0.25, -0.2) is 0 Å². The molecule has 5 atom stereocenters. The van der Waals surface area contributed by atoms with Crippen LogP contribution in [-0.2, 0) is 14.3 Å². The van der Waals surface area contributed by atoms with Crippen LogP contribution in [0.2, 0.25) is 10.0 Å². The van der Waals surface area contributed by atoms with Gasteiger partial charge in [-0.3, -0.25) is 9.59 Å². The predicted octanol–water partition coefficient (Wildman–Crippen LogP) is 4.75. The molecule has 1 saturated heterocycles. The minimum absolute atomic E-state index is 0.102. The highest BCUT2D eigenvalue weighted by Gasteiger charge is 2.53. The van der Waals surface area contributed by atoms with E-state index in [-0.39, 0.29) is 18.2 Å². The minimum Gasteiger partial charge on any atom is -0.469 e. The second-order valence-corrected chi connectivity index (χ2v) is 9.99. The lowest BCUT2D eigenvalue weighted by Gasteiger charge is -2.52. The second kappa shape index (κ2) is 11.1. The van der Waals surface area contributed by atoms with Crippen LogP contribution in [0.4, 0.5) is 0 Å². The molecule has 34 heavy (non-hydrogen) atoms. The molecule has 1 amide bonds. The van der Waals surface area contributed by atoms with Gasteiger partial charge in [0.15, 0.2) is 0 Å². The van der Waals surface area contributed by atoms with Crippen LogP contribution < -0.4 is 0 Å². The standard InChI is InChI=1S/C26H31Cl2NO5/c1-4-21(22(31)15-30)29-24(16-8-10-18(27)11-9-16)20(17-6-5-7-19(28)12-17)13-26(2,25(29)33)14-23(32)34-3/h5-12,20-22,24,30-31H,4,13-15H2,1-3H3/t20-,21+,22?,24-,26-/m1/s1. The van der Waals surface area contributed by atoms with Crippen LogP contribution in [0.15, 0.2) is 48.5 Å². The van der Waals surface area contributed by atoms with Gasteiger partial charge in [-0.1, -0.05) is 61.3 Å². The molecule has 1 aliphatic heterocycles. The molecule has 0 radical (unpaired) electrons. The summed E-state index contributed by atoms with van der Waals surface area (Å²) >= 11 is 12.5. The van der Waals surface area contributed by atoms with E-state index in [1.165, 1.54) is 7.11 Å². The Morgan fingerprint density at radius 1 is 1.18 bits per heavy atom. The van der Waals surface area contributed by atoms with Crippen molar-refractivity contribution >= 4 is 35.1 Å². The molecule has 184 valence electrons. The molecule has 2 aromatic rings. The SMILES string of the molecule is CC[C@@H](C(O)CO)N1C(=O)[C@@](C)(CC(=O)OC)C[C@H](c2cccc(Cl)c2)[C@H]1c1ccc(Cl)cc1. The highest BCUT2D eigenvalue weighted by molar-refractivity contribution is 6.30. The molecule has 1 fully saturated rings. The fraction of sp³-hybridized carbons (Fsp3) is 0.462. The second-order valence-electron chi connectivity index (χ2n) is 9.11. The zero-order chi connectivity index (χ0) is 25.0. The molecule has 1 unspecified atom stereocenters. The van der Waals surface area contributed by atoms with E-state index in [2.05, 4.69) is 0 Å². The smallest absolute Gasteiger partial charge is 0.306 e. The van der Waals surface area contributed by atoms with E-state index in [1.807, 2.05) is 37.3 Å². The van der Waals surface area contributed by atoms with Crippen LogP contribution in [-0.4, -0.2) is 52.9 Å². The number of nitrogens with zero attached hydrogens (tertiary/aromatic N) is 1. The fourth-order valence-corrected chi connectivity index (χ4v) is 5.40. The van der Waals surface area contributed by atoms with Crippen LogP contribution in [0.25, 0.3) is 0 Å². The molecule has 0 saturated carbocycles. The first-order valence-electron chi connectivity index (χ1n) is 11.3. The van der Waals surface area contributed by atoms with Crippen molar-refractivity contribution in [2.24, 2.45) is 5.41 Å². The van der Waals surface area contributed by atoms with E-state index >= 15 is 0 Å². The third-order valence-electron chi connectivity index (χ3n) is 6.76. The molecule has 1 aliphatic rings. The van der Waals surface area contributed by atoms with E-state index in [4.69, 9.17) is 27.9 Å². The summed E-state index contributed by atoms with van der Waals surface area (Å²) in [6, 6.07) is 13.6. The Morgan fingerprint density at radius 3 is 2.41 bits per heavy atom. The summed E-state index contributed by atoms with van der Waals surface area (Å²) in [5.74, 6) is -0.996. The number of piperidine rings is 1. The average Bonchev–Trinajstić information content (AvgIpc) is 2.82. The lowest BCUT2D eigenvalue weighted by Crippen LogP contribution is -2.59. The van der Waals surface area contributed by atoms with Gasteiger partial charge < -0.3 is 19.8 Å². The molecule has 0 bridgehead atoms. The number of halogens is 2. The van der Waals surface area contributed by atoms with Gasteiger partial charge >= 0.3 is 5.97 Å². The number of aliphatic hydroxyl groups excluding tert-OH is 2. The lowest BCUT2D eigenvalue weighted by atomic mass is 9.66. The van der Waals surface area contributed by atoms with Crippen molar-refractivity contribution in [3.8, 4) is 0 Å². The molecule has 0 spiro atoms. The van der Waals surface area contributed by atoms with Crippen molar-refractivity contribution in [1.82, 2.24) is 4.90 Å². The Morgan fingerprint density at radius 2 is 1.85 bits per heavy atom. The number of carbonyl (C=O) groups is 2. The van der Waals surface area contributed by atoms with Gasteiger partial charge in [0.25, 0.3) is 0 Å². The largest absolute Gasteiger partial charge is 0.469 e. The summed E-state index contributed by atoms with van der Waals surface area (Å²) in [5.41, 5.74) is 0.673. The number of esters is 1. The molecule has 0 aromatic heterocycles. The van der Waals surface area contributed by atoms with Crippen molar-refractivity contribution in [3.05, 3.63) is 69.7 Å². The molecule has 1 heterocycles. The third-order valence-corrected chi connectivity index (χ3v) is 7.25. The van der Waals surface area contributed by atoms with E-state index in [0.29, 0.717) is 22.9 Å². The molecule has 0 aliphatic carbocycles. The summed E-state index contributed by atoms with van der Waals surface area (Å²) in [5, 5.41) is 21.6. The first-order chi connectivity index (χ1) is 16.1. The van der Waals surface area contributed by atoms with Crippen molar-refractivity contribution in [3.63, 3.8) is 0 Å². The van der Waals surface area contributed by atoms with Crippen LogP contribution >= 0.6 is 23.2 Å². The summed E-state index contributed by atoms with van der Waals surface area (Å²) in [6.07, 6.45) is -0.469. The molecule has 2 aromatic carbocycles. The van der Waals surface area contributed by atoms with Crippen molar-refractivity contribution in [2.75, 3.05) is 13.7 Å². The first-order valence-corrected chi connectivity index (χ1v) is 12.1. The van der Waals surface area contributed by atoms with Gasteiger partial charge in [-0.2, -0.15) is 0 Å². The number of hydrogen-bond acceptors (Lipinski definition) is 5. The number of likely N-dealkylation sites (tertiary alicyclic amines) is 1. The van der Waals surface area contributed by atoms with Crippen LogP contribution in [0, 0.1) is 5.41 Å². The summed E-state index contributed by atoms with van der Waals surface area (Å²) < 4.78 is 4.91. The Labute approximate surface area is 210 Å². The van der Waals surface area contributed by atoms with E-state index in [0.717, 1.165) is 11.1 Å². The fourth-order valence-electron chi connectivity index (χ4n) is 5.08. The maximum atomic E-state index is 14.1. The number of methoxy groups -OCH3 is 1. The highest BCUT2D eigenvalue weighted by atomic mass is 35.5. The number of rotatable bonds is 8. The Bertz CT molecular complexity index is 1010. The number of benzene rings is 2. The number of carbonyl (C=O) groups excluding carboxylic acids is 2. The average molecular weight is 508 g/mol. The molecule has 8 heteroatoms. The number of hydrogen-bond donors (Lipinski definition) is 2. The lowest BCUT2D eigenvalue weighted by molar-refractivity contribution is -0.165. The minimum atomic E-state index is -1.15. The van der Waals surface area contributed by atoms with Crippen molar-refractivity contribution in [2.45, 2.75) is 57.2 Å². The Kier molecular flexibility index (Phi) is 8.63. The number of amides is 1. The van der Waals surface area contributed by atoms with Crippen LogP contribution in [0.3, 0.4) is 0 Å². The number of ether oxygens (including phenoxy) is 1. The Hall–Kier alpha value is -2.12. The zero-order valence-electron chi connectivity index (χ0n) is 19.6. The van der Waals surface area contributed by atoms with Gasteiger partial charge in [0.1, 0.15) is 0 Å². The van der Waals surface area contributed by atoms with E-state index in [1.54, 1.807) is 30.0 Å². The van der Waals surface area contributed by atoms with Gasteiger partial charge in [0, 0.05) is 16.0 Å². The Balaban J connectivity index is 2.25. The highest BCUT2D eigenvalue weighted by Crippen LogP contribution is 2.52. The first kappa shape index (κ1) is 26.5. The van der Waals surface area contributed by atoms with Gasteiger partial charge in [-0.05, 0) is 48.2 Å². The van der Waals surface area contributed by atoms with Crippen molar-refractivity contribution in [1.29, 1.82) is 0 Å². The topological polar surface area (TPSA) is 87.1 Å². The van der Waals surface area contributed by atoms with Gasteiger partial charge in [0.05, 0.1) is 43.7 Å². The van der Waals surface area contributed by atoms with Gasteiger partial charge in [-0.15, -0.1) is 0 Å². The summed E-state index contributed by atoms with van der Waals surface area (Å²) in [7, 11) is 1.30. The predicted molar refractivity (Wildman–Crippen MR) is 132 cm³/mol. The summed E-state index contributed by atoms with van der Waals surface area (Å²) in [6.45, 7) is 3.12. The zero-order valence-corrected chi connectivity index (χ0v) is 21.1. The van der Waals surface area contributed by atoms with Crippen LogP contribution in [0.5, 0.6) is 0 Å². The van der Waals surface area contributed by atoms with E-state index < -0.39 is 36.2 Å².